The predicted octanol–water partition coefficient (Wildman–Crippen LogP) is 3.50. The second-order valence-electron chi connectivity index (χ2n) is 6.95. The van der Waals surface area contributed by atoms with Crippen molar-refractivity contribution in [2.75, 3.05) is 25.1 Å². The van der Waals surface area contributed by atoms with Crippen molar-refractivity contribution in [1.29, 1.82) is 0 Å². The second-order valence-corrected chi connectivity index (χ2v) is 7.89. The van der Waals surface area contributed by atoms with Crippen LogP contribution in [0.15, 0.2) is 35.1 Å². The van der Waals surface area contributed by atoms with Gasteiger partial charge in [0.2, 0.25) is 10.1 Å². The first kappa shape index (κ1) is 18.0. The average Bonchev–Trinajstić information content (AvgIpc) is 3.13. The van der Waals surface area contributed by atoms with Crippen LogP contribution in [-0.4, -0.2) is 34.8 Å². The van der Waals surface area contributed by atoms with Gasteiger partial charge in [-0.05, 0) is 42.9 Å². The number of piperidine rings is 1. The van der Waals surface area contributed by atoms with Gasteiger partial charge in [-0.1, -0.05) is 36.8 Å². The fourth-order valence-corrected chi connectivity index (χ4v) is 4.64. The smallest absolute Gasteiger partial charge is 0.275 e. The lowest BCUT2D eigenvalue weighted by atomic mass is 9.89. The molecule has 0 unspecified atom stereocenters. The van der Waals surface area contributed by atoms with E-state index in [4.69, 9.17) is 4.74 Å². The van der Waals surface area contributed by atoms with E-state index in [1.807, 2.05) is 6.07 Å². The summed E-state index contributed by atoms with van der Waals surface area (Å²) in [5.74, 6) is 1.44. The van der Waals surface area contributed by atoms with E-state index in [9.17, 15) is 4.79 Å². The van der Waals surface area contributed by atoms with Crippen molar-refractivity contribution in [3.05, 3.63) is 51.9 Å². The highest BCUT2D eigenvalue weighted by Crippen LogP contribution is 2.33. The molecule has 0 atom stereocenters. The Bertz CT molecular complexity index is 989. The number of methoxy groups -OCH3 is 1. The van der Waals surface area contributed by atoms with Crippen LogP contribution < -0.4 is 15.2 Å². The Morgan fingerprint density at radius 2 is 2.07 bits per heavy atom. The van der Waals surface area contributed by atoms with Gasteiger partial charge in [0, 0.05) is 24.8 Å². The summed E-state index contributed by atoms with van der Waals surface area (Å²) in [5, 5.41) is 5.41. The Hall–Kier alpha value is -2.41. The molecule has 1 aromatic carbocycles. The van der Waals surface area contributed by atoms with E-state index < -0.39 is 0 Å². The molecule has 0 spiro atoms. The monoisotopic (exact) mass is 384 g/mol. The molecule has 3 aromatic rings. The number of benzene rings is 1. The molecule has 6 nitrogen and oxygen atoms in total. The second kappa shape index (κ2) is 7.68. The molecular weight excluding hydrogens is 360 g/mol. The number of rotatable bonds is 5. The Kier molecular flexibility index (Phi) is 5.11. The van der Waals surface area contributed by atoms with Crippen molar-refractivity contribution >= 4 is 21.4 Å². The number of aromatic nitrogens is 3. The van der Waals surface area contributed by atoms with Crippen LogP contribution >= 0.6 is 11.3 Å². The van der Waals surface area contributed by atoms with Gasteiger partial charge >= 0.3 is 0 Å². The van der Waals surface area contributed by atoms with Gasteiger partial charge in [0.25, 0.3) is 5.56 Å². The third kappa shape index (κ3) is 3.69. The third-order valence-corrected chi connectivity index (χ3v) is 6.09. The van der Waals surface area contributed by atoms with Crippen LogP contribution in [0, 0.1) is 0 Å². The van der Waals surface area contributed by atoms with Gasteiger partial charge < -0.3 is 9.64 Å². The largest absolute Gasteiger partial charge is 0.497 e. The van der Waals surface area contributed by atoms with E-state index in [0.29, 0.717) is 10.9 Å². The third-order valence-electron chi connectivity index (χ3n) is 5.12. The van der Waals surface area contributed by atoms with Crippen LogP contribution in [0.4, 0.5) is 5.13 Å². The molecule has 0 amide bonds. The topological polar surface area (TPSA) is 59.7 Å². The van der Waals surface area contributed by atoms with E-state index >= 15 is 0 Å². The lowest BCUT2D eigenvalue weighted by Crippen LogP contribution is -2.33. The molecule has 4 rings (SSSR count). The van der Waals surface area contributed by atoms with Gasteiger partial charge in [-0.3, -0.25) is 4.79 Å². The summed E-state index contributed by atoms with van der Waals surface area (Å²) in [5.41, 5.74) is 2.10. The van der Waals surface area contributed by atoms with Crippen LogP contribution in [-0.2, 0) is 6.42 Å². The fourth-order valence-electron chi connectivity index (χ4n) is 3.66. The van der Waals surface area contributed by atoms with Gasteiger partial charge in [0.05, 0.1) is 7.11 Å². The summed E-state index contributed by atoms with van der Waals surface area (Å²) in [6.07, 6.45) is 3.93. The highest BCUT2D eigenvalue weighted by Gasteiger charge is 2.23. The molecule has 27 heavy (non-hydrogen) atoms. The standard InChI is InChI=1S/C20H24N4O2S/c1-3-5-16-13-18(25)24-19(21-16)27-20(22-24)23-10-8-14(9-11-23)15-6-4-7-17(12-15)26-2/h4,6-7,12-14H,3,5,8-11H2,1-2H3. The van der Waals surface area contributed by atoms with Gasteiger partial charge in [0.1, 0.15) is 5.75 Å². The minimum absolute atomic E-state index is 0.0859. The van der Waals surface area contributed by atoms with Crippen molar-refractivity contribution in [2.24, 2.45) is 0 Å². The van der Waals surface area contributed by atoms with Crippen LogP contribution in [0.25, 0.3) is 4.96 Å². The van der Waals surface area contributed by atoms with Crippen molar-refractivity contribution in [2.45, 2.75) is 38.5 Å². The molecule has 1 aliphatic heterocycles. The molecule has 1 aliphatic rings. The number of ether oxygens (including phenoxy) is 1. The maximum Gasteiger partial charge on any atom is 0.275 e. The van der Waals surface area contributed by atoms with Crippen molar-refractivity contribution in [3.63, 3.8) is 0 Å². The zero-order valence-corrected chi connectivity index (χ0v) is 16.5. The highest BCUT2D eigenvalue weighted by molar-refractivity contribution is 7.20. The average molecular weight is 385 g/mol. The zero-order valence-electron chi connectivity index (χ0n) is 15.7. The minimum Gasteiger partial charge on any atom is -0.497 e. The quantitative estimate of drug-likeness (QED) is 0.674. The van der Waals surface area contributed by atoms with E-state index in [1.54, 1.807) is 13.2 Å². The first-order valence-electron chi connectivity index (χ1n) is 9.46. The first-order chi connectivity index (χ1) is 13.2. The van der Waals surface area contributed by atoms with Gasteiger partial charge in [-0.25, -0.2) is 4.98 Å². The zero-order chi connectivity index (χ0) is 18.8. The minimum atomic E-state index is -0.0859. The van der Waals surface area contributed by atoms with E-state index in [1.165, 1.54) is 21.4 Å². The molecule has 0 N–H and O–H groups in total. The molecule has 1 fully saturated rings. The van der Waals surface area contributed by atoms with Crippen LogP contribution in [0.1, 0.15) is 43.4 Å². The van der Waals surface area contributed by atoms with E-state index in [2.05, 4.69) is 40.1 Å². The Morgan fingerprint density at radius 1 is 1.26 bits per heavy atom. The molecule has 1 saturated heterocycles. The van der Waals surface area contributed by atoms with Crippen LogP contribution in [0.5, 0.6) is 5.75 Å². The number of nitrogens with zero attached hydrogens (tertiary/aromatic N) is 4. The van der Waals surface area contributed by atoms with Gasteiger partial charge in [-0.15, -0.1) is 5.10 Å². The number of anilines is 1. The molecule has 7 heteroatoms. The molecule has 3 heterocycles. The Balaban J connectivity index is 1.50. The summed E-state index contributed by atoms with van der Waals surface area (Å²) in [4.78, 5) is 19.9. The number of hydrogen-bond acceptors (Lipinski definition) is 6. The number of hydrogen-bond donors (Lipinski definition) is 0. The summed E-state index contributed by atoms with van der Waals surface area (Å²) in [7, 11) is 1.71. The predicted molar refractivity (Wildman–Crippen MR) is 108 cm³/mol. The molecule has 2 aromatic heterocycles. The molecule has 0 bridgehead atoms. The van der Waals surface area contributed by atoms with Crippen molar-refractivity contribution in [1.82, 2.24) is 14.6 Å². The Morgan fingerprint density at radius 3 is 2.81 bits per heavy atom. The maximum absolute atomic E-state index is 12.3. The van der Waals surface area contributed by atoms with Crippen molar-refractivity contribution < 1.29 is 4.74 Å². The van der Waals surface area contributed by atoms with Crippen molar-refractivity contribution in [3.8, 4) is 5.75 Å². The summed E-state index contributed by atoms with van der Waals surface area (Å²) >= 11 is 1.51. The summed E-state index contributed by atoms with van der Waals surface area (Å²) in [6, 6.07) is 9.96. The van der Waals surface area contributed by atoms with Gasteiger partial charge in [-0.2, -0.15) is 4.52 Å². The highest BCUT2D eigenvalue weighted by atomic mass is 32.1. The lowest BCUT2D eigenvalue weighted by Gasteiger charge is -2.31. The summed E-state index contributed by atoms with van der Waals surface area (Å²) < 4.78 is 6.79. The molecule has 142 valence electrons. The Labute approximate surface area is 162 Å². The normalized spacial score (nSPS) is 15.4. The molecular formula is C20H24N4O2S. The maximum atomic E-state index is 12.3. The SMILES string of the molecule is CCCc1cc(=O)n2nc(N3CCC(c4cccc(OC)c4)CC3)sc2n1. The van der Waals surface area contributed by atoms with Gasteiger partial charge in [0.15, 0.2) is 0 Å². The molecule has 0 saturated carbocycles. The van der Waals surface area contributed by atoms with E-state index in [0.717, 1.165) is 55.3 Å². The molecule has 0 aliphatic carbocycles. The number of aryl methyl sites for hydroxylation is 1. The first-order valence-corrected chi connectivity index (χ1v) is 10.3. The van der Waals surface area contributed by atoms with Crippen LogP contribution in [0.3, 0.4) is 0 Å². The van der Waals surface area contributed by atoms with Crippen LogP contribution in [0.2, 0.25) is 0 Å². The van der Waals surface area contributed by atoms with E-state index in [-0.39, 0.29) is 5.56 Å². The lowest BCUT2D eigenvalue weighted by molar-refractivity contribution is 0.412. The number of fused-ring (bicyclic) bond motifs is 1. The fraction of sp³-hybridized carbons (Fsp3) is 0.450. The molecule has 0 radical (unpaired) electrons. The summed E-state index contributed by atoms with van der Waals surface area (Å²) in [6.45, 7) is 3.95.